The molecule has 2 aromatic rings. The monoisotopic (exact) mass is 345 g/mol. The van der Waals surface area contributed by atoms with Gasteiger partial charge in [0, 0.05) is 12.3 Å². The molecule has 0 saturated carbocycles. The van der Waals surface area contributed by atoms with E-state index in [1.165, 1.54) is 0 Å². The van der Waals surface area contributed by atoms with Crippen molar-refractivity contribution in [2.24, 2.45) is 0 Å². The third kappa shape index (κ3) is 3.52. The van der Waals surface area contributed by atoms with Crippen LogP contribution in [0.25, 0.3) is 10.8 Å². The highest BCUT2D eigenvalue weighted by Gasteiger charge is 2.38. The Bertz CT molecular complexity index is 735. The second-order valence-corrected chi connectivity index (χ2v) is 8.17. The van der Waals surface area contributed by atoms with Gasteiger partial charge in [-0.2, -0.15) is 0 Å². The van der Waals surface area contributed by atoms with Crippen molar-refractivity contribution in [1.29, 1.82) is 0 Å². The number of aliphatic hydroxyl groups is 1. The zero-order chi connectivity index (χ0) is 17.3. The number of carbonyl (C=O) groups is 1. The molecule has 0 unspecified atom stereocenters. The fourth-order valence-electron chi connectivity index (χ4n) is 2.93. The summed E-state index contributed by atoms with van der Waals surface area (Å²) in [5.74, 6) is 0.797. The molecule has 0 bridgehead atoms. The molecule has 1 heterocycles. The Hall–Kier alpha value is -1.72. The minimum atomic E-state index is -0.754. The van der Waals surface area contributed by atoms with Gasteiger partial charge in [0.2, 0.25) is 0 Å². The molecule has 2 aromatic carbocycles. The molecule has 1 N–H and O–H groups in total. The first-order valence-corrected chi connectivity index (χ1v) is 9.19. The number of benzene rings is 2. The van der Waals surface area contributed by atoms with E-state index in [1.54, 1.807) is 16.7 Å². The maximum Gasteiger partial charge on any atom is 0.411 e. The molecule has 3 rings (SSSR count). The van der Waals surface area contributed by atoms with Gasteiger partial charge in [0.25, 0.3) is 0 Å². The van der Waals surface area contributed by atoms with Crippen molar-refractivity contribution in [2.45, 2.75) is 37.9 Å². The van der Waals surface area contributed by atoms with Crippen LogP contribution in [0, 0.1) is 0 Å². The van der Waals surface area contributed by atoms with Gasteiger partial charge in [0.1, 0.15) is 17.1 Å². The lowest BCUT2D eigenvalue weighted by Crippen LogP contribution is -2.41. The minimum absolute atomic E-state index is 0.328. The zero-order valence-electron chi connectivity index (χ0n) is 14.2. The van der Waals surface area contributed by atoms with Crippen LogP contribution in [0.4, 0.5) is 4.79 Å². The molecule has 1 aliphatic rings. The average molecular weight is 345 g/mol. The van der Waals surface area contributed by atoms with Gasteiger partial charge in [-0.15, -0.1) is 11.8 Å². The van der Waals surface area contributed by atoms with Crippen LogP contribution in [0.15, 0.2) is 42.5 Å². The standard InChI is InChI=1S/C19H23NO3S/c1-19(2,3)23-18(22)20-11-12-24-17(20)16(21)15-10-6-8-13-7-4-5-9-14(13)15/h4-10,16-17,21H,11-12H2,1-3H3/t16-,17-/m1/s1. The summed E-state index contributed by atoms with van der Waals surface area (Å²) in [5.41, 5.74) is 0.306. The van der Waals surface area contributed by atoms with E-state index in [1.807, 2.05) is 63.2 Å². The van der Waals surface area contributed by atoms with Gasteiger partial charge in [0.05, 0.1) is 0 Å². The number of amides is 1. The number of rotatable bonds is 2. The highest BCUT2D eigenvalue weighted by molar-refractivity contribution is 8.00. The highest BCUT2D eigenvalue weighted by Crippen LogP contribution is 2.37. The number of thioether (sulfide) groups is 1. The van der Waals surface area contributed by atoms with Crippen molar-refractivity contribution >= 4 is 28.6 Å². The number of carbonyl (C=O) groups excluding carboxylic acids is 1. The molecule has 0 radical (unpaired) electrons. The first-order chi connectivity index (χ1) is 11.4. The van der Waals surface area contributed by atoms with Crippen LogP contribution in [0.5, 0.6) is 0 Å². The molecule has 0 aliphatic carbocycles. The summed E-state index contributed by atoms with van der Waals surface area (Å²) in [6, 6.07) is 13.9. The molecule has 1 fully saturated rings. The summed E-state index contributed by atoms with van der Waals surface area (Å²) in [6.45, 7) is 6.14. The molecule has 128 valence electrons. The molecule has 1 aliphatic heterocycles. The molecular weight excluding hydrogens is 322 g/mol. The van der Waals surface area contributed by atoms with E-state index < -0.39 is 11.7 Å². The largest absolute Gasteiger partial charge is 0.444 e. The number of hydrogen-bond acceptors (Lipinski definition) is 4. The van der Waals surface area contributed by atoms with E-state index in [-0.39, 0.29) is 11.5 Å². The third-order valence-electron chi connectivity index (χ3n) is 3.97. The minimum Gasteiger partial charge on any atom is -0.444 e. The third-order valence-corrected chi connectivity index (χ3v) is 5.24. The fourth-order valence-corrected chi connectivity index (χ4v) is 4.17. The zero-order valence-corrected chi connectivity index (χ0v) is 15.0. The summed E-state index contributed by atoms with van der Waals surface area (Å²) in [6.07, 6.45) is -1.12. The lowest BCUT2D eigenvalue weighted by Gasteiger charge is -2.30. The van der Waals surface area contributed by atoms with Crippen molar-refractivity contribution in [2.75, 3.05) is 12.3 Å². The van der Waals surface area contributed by atoms with Crippen LogP contribution in [0.2, 0.25) is 0 Å². The molecule has 1 amide bonds. The molecular formula is C19H23NO3S. The van der Waals surface area contributed by atoms with Gasteiger partial charge in [-0.1, -0.05) is 42.5 Å². The number of fused-ring (bicyclic) bond motifs is 1. The molecule has 1 saturated heterocycles. The van der Waals surface area contributed by atoms with Crippen LogP contribution in [0.1, 0.15) is 32.4 Å². The summed E-state index contributed by atoms with van der Waals surface area (Å²) < 4.78 is 5.49. The van der Waals surface area contributed by atoms with Gasteiger partial charge < -0.3 is 9.84 Å². The number of aliphatic hydroxyl groups excluding tert-OH is 1. The van der Waals surface area contributed by atoms with E-state index in [2.05, 4.69) is 0 Å². The average Bonchev–Trinajstić information content (AvgIpc) is 3.02. The number of hydrogen-bond donors (Lipinski definition) is 1. The maximum atomic E-state index is 12.4. The smallest absolute Gasteiger partial charge is 0.411 e. The van der Waals surface area contributed by atoms with Gasteiger partial charge in [-0.05, 0) is 37.1 Å². The Balaban J connectivity index is 1.88. The second kappa shape index (κ2) is 6.65. The molecule has 5 heteroatoms. The van der Waals surface area contributed by atoms with Crippen LogP contribution in [-0.2, 0) is 4.74 Å². The van der Waals surface area contributed by atoms with Crippen molar-refractivity contribution in [3.8, 4) is 0 Å². The van der Waals surface area contributed by atoms with E-state index in [0.29, 0.717) is 6.54 Å². The van der Waals surface area contributed by atoms with Crippen LogP contribution in [0.3, 0.4) is 0 Å². The van der Waals surface area contributed by atoms with Crippen LogP contribution in [-0.4, -0.2) is 39.4 Å². The van der Waals surface area contributed by atoms with Crippen molar-refractivity contribution in [1.82, 2.24) is 4.90 Å². The fraction of sp³-hybridized carbons (Fsp3) is 0.421. The van der Waals surface area contributed by atoms with Crippen molar-refractivity contribution in [3.63, 3.8) is 0 Å². The molecule has 0 spiro atoms. The molecule has 0 aromatic heterocycles. The summed E-state index contributed by atoms with van der Waals surface area (Å²) in [7, 11) is 0. The van der Waals surface area contributed by atoms with E-state index >= 15 is 0 Å². The summed E-state index contributed by atoms with van der Waals surface area (Å²) in [5, 5.41) is 12.7. The van der Waals surface area contributed by atoms with E-state index in [4.69, 9.17) is 4.74 Å². The summed E-state index contributed by atoms with van der Waals surface area (Å²) >= 11 is 1.59. The lowest BCUT2D eigenvalue weighted by molar-refractivity contribution is 0.0134. The van der Waals surface area contributed by atoms with Gasteiger partial charge >= 0.3 is 6.09 Å². The maximum absolute atomic E-state index is 12.4. The summed E-state index contributed by atoms with van der Waals surface area (Å²) in [4.78, 5) is 14.1. The second-order valence-electron chi connectivity index (χ2n) is 6.95. The molecule has 4 nitrogen and oxygen atoms in total. The number of ether oxygens (including phenoxy) is 1. The van der Waals surface area contributed by atoms with Gasteiger partial charge in [0.15, 0.2) is 0 Å². The van der Waals surface area contributed by atoms with Crippen LogP contribution >= 0.6 is 11.8 Å². The first-order valence-electron chi connectivity index (χ1n) is 8.14. The Kier molecular flexibility index (Phi) is 4.74. The molecule has 24 heavy (non-hydrogen) atoms. The first kappa shape index (κ1) is 17.1. The SMILES string of the molecule is CC(C)(C)OC(=O)N1CCS[C@@H]1[C@H](O)c1cccc2ccccc12. The number of nitrogens with zero attached hydrogens (tertiary/aromatic N) is 1. The van der Waals surface area contributed by atoms with E-state index in [0.717, 1.165) is 22.1 Å². The quantitative estimate of drug-likeness (QED) is 0.887. The predicted octanol–water partition coefficient (Wildman–Crippen LogP) is 4.18. The Morgan fingerprint density at radius 3 is 2.71 bits per heavy atom. The van der Waals surface area contributed by atoms with E-state index in [9.17, 15) is 9.90 Å². The van der Waals surface area contributed by atoms with Crippen molar-refractivity contribution < 1.29 is 14.6 Å². The van der Waals surface area contributed by atoms with Crippen molar-refractivity contribution in [3.05, 3.63) is 48.0 Å². The van der Waals surface area contributed by atoms with Gasteiger partial charge in [-0.25, -0.2) is 4.79 Å². The normalized spacial score (nSPS) is 19.5. The predicted molar refractivity (Wildman–Crippen MR) is 98.1 cm³/mol. The Morgan fingerprint density at radius 2 is 1.96 bits per heavy atom. The van der Waals surface area contributed by atoms with Crippen LogP contribution < -0.4 is 0 Å². The topological polar surface area (TPSA) is 49.8 Å². The molecule has 2 atom stereocenters. The Morgan fingerprint density at radius 1 is 1.25 bits per heavy atom. The Labute approximate surface area is 146 Å². The van der Waals surface area contributed by atoms with Gasteiger partial charge in [-0.3, -0.25) is 4.90 Å². The lowest BCUT2D eigenvalue weighted by atomic mass is 10.00. The highest BCUT2D eigenvalue weighted by atomic mass is 32.2.